The Bertz CT molecular complexity index is 2080. The second-order valence-corrected chi connectivity index (χ2v) is 13.1. The van der Waals surface area contributed by atoms with Crippen LogP contribution in [0, 0.1) is 0 Å². The fourth-order valence-corrected chi connectivity index (χ4v) is 6.96. The molecule has 246 valence electrons. The van der Waals surface area contributed by atoms with Gasteiger partial charge in [0.05, 0.1) is 21.9 Å². The second kappa shape index (κ2) is 13.2. The maximum Gasteiger partial charge on any atom is 0.241 e. The Balaban J connectivity index is 1.00. The quantitative estimate of drug-likeness (QED) is 0.234. The Morgan fingerprint density at radius 3 is 2.58 bits per heavy atom. The van der Waals surface area contributed by atoms with E-state index in [1.54, 1.807) is 35.3 Å². The monoisotopic (exact) mass is 665 g/mol. The number of anilines is 1. The van der Waals surface area contributed by atoms with E-state index in [1.165, 1.54) is 16.7 Å². The number of ether oxygens (including phenoxy) is 1. The van der Waals surface area contributed by atoms with Crippen LogP contribution in [0.1, 0.15) is 21.1 Å². The predicted molar refractivity (Wildman–Crippen MR) is 187 cm³/mol. The number of carbonyl (C=O) groups is 2. The molecule has 1 saturated heterocycles. The molecule has 7 rings (SSSR count). The molecule has 13 heteroatoms. The normalized spacial score (nSPS) is 19.1. The van der Waals surface area contributed by atoms with Crippen LogP contribution >= 0.6 is 11.8 Å². The van der Waals surface area contributed by atoms with Crippen LogP contribution in [-0.4, -0.2) is 102 Å². The highest BCUT2D eigenvalue weighted by Gasteiger charge is 2.44. The fourth-order valence-electron chi connectivity index (χ4n) is 6.15. The average molecular weight is 666 g/mol. The summed E-state index contributed by atoms with van der Waals surface area (Å²) in [5.74, 6) is 0.336. The van der Waals surface area contributed by atoms with Gasteiger partial charge in [-0.15, -0.1) is 11.8 Å². The van der Waals surface area contributed by atoms with Crippen molar-refractivity contribution in [2.45, 2.75) is 17.6 Å². The van der Waals surface area contributed by atoms with Crippen molar-refractivity contribution in [3.8, 4) is 28.5 Å². The third kappa shape index (κ3) is 6.30. The van der Waals surface area contributed by atoms with Gasteiger partial charge in [-0.25, -0.2) is 9.97 Å². The summed E-state index contributed by atoms with van der Waals surface area (Å²) in [6.07, 6.45) is 8.20. The smallest absolute Gasteiger partial charge is 0.241 e. The summed E-state index contributed by atoms with van der Waals surface area (Å²) < 4.78 is 23.7. The number of amides is 2. The summed E-state index contributed by atoms with van der Waals surface area (Å²) in [7, 11) is 3.39. The van der Waals surface area contributed by atoms with E-state index in [9.17, 15) is 9.59 Å². The third-order valence-electron chi connectivity index (χ3n) is 8.94. The van der Waals surface area contributed by atoms with Gasteiger partial charge >= 0.3 is 0 Å². The first-order valence-electron chi connectivity index (χ1n) is 16.7. The minimum atomic E-state index is -2.27. The van der Waals surface area contributed by atoms with Crippen molar-refractivity contribution < 1.29 is 17.1 Å². The number of benzene rings is 2. The van der Waals surface area contributed by atoms with Gasteiger partial charge in [0.2, 0.25) is 17.7 Å². The van der Waals surface area contributed by atoms with Crippen molar-refractivity contribution >= 4 is 45.7 Å². The van der Waals surface area contributed by atoms with Crippen molar-refractivity contribution in [3.05, 3.63) is 78.8 Å². The van der Waals surface area contributed by atoms with Crippen LogP contribution < -0.4 is 10.1 Å². The molecule has 0 aliphatic carbocycles. The van der Waals surface area contributed by atoms with E-state index in [2.05, 4.69) is 30.6 Å². The van der Waals surface area contributed by atoms with Gasteiger partial charge in [0, 0.05) is 67.7 Å². The number of thioether (sulfide) groups is 1. The van der Waals surface area contributed by atoms with Gasteiger partial charge in [0.1, 0.15) is 16.8 Å². The highest BCUT2D eigenvalue weighted by molar-refractivity contribution is 8.00. The highest BCUT2D eigenvalue weighted by Crippen LogP contribution is 2.36. The number of rotatable bonds is 9. The van der Waals surface area contributed by atoms with E-state index in [1.807, 2.05) is 67.9 Å². The molecule has 2 amide bonds. The lowest BCUT2D eigenvalue weighted by molar-refractivity contribution is -0.132. The second-order valence-electron chi connectivity index (χ2n) is 11.9. The molecule has 1 unspecified atom stereocenters. The van der Waals surface area contributed by atoms with E-state index in [4.69, 9.17) is 7.48 Å². The van der Waals surface area contributed by atoms with E-state index < -0.39 is 17.2 Å². The van der Waals surface area contributed by atoms with Gasteiger partial charge in [-0.05, 0) is 54.5 Å². The summed E-state index contributed by atoms with van der Waals surface area (Å²) in [6.45, 7) is -1.18. The zero-order valence-corrected chi connectivity index (χ0v) is 27.8. The van der Waals surface area contributed by atoms with Gasteiger partial charge in [-0.3, -0.25) is 24.3 Å². The molecule has 5 aromatic rings. The van der Waals surface area contributed by atoms with Crippen LogP contribution in [0.25, 0.3) is 39.1 Å². The molecule has 2 aliphatic rings. The van der Waals surface area contributed by atoms with Gasteiger partial charge in [0.15, 0.2) is 5.82 Å². The van der Waals surface area contributed by atoms with Crippen LogP contribution in [0.5, 0.6) is 5.88 Å². The van der Waals surface area contributed by atoms with E-state index in [-0.39, 0.29) is 19.0 Å². The van der Waals surface area contributed by atoms with Crippen LogP contribution in [-0.2, 0) is 16.6 Å². The fraction of sp³-hybridized carbons (Fsp3) is 0.314. The lowest BCUT2D eigenvalue weighted by Crippen LogP contribution is -2.45. The first-order valence-corrected chi connectivity index (χ1v) is 16.9. The summed E-state index contributed by atoms with van der Waals surface area (Å²) in [6, 6.07) is 17.2. The number of hydrogen-bond donors (Lipinski definition) is 2. The van der Waals surface area contributed by atoms with E-state index >= 15 is 0 Å². The molecule has 5 heterocycles. The molecule has 0 saturated carbocycles. The molecule has 1 atom stereocenters. The number of nitrogens with one attached hydrogen (secondary N) is 2. The Morgan fingerprint density at radius 1 is 1.08 bits per heavy atom. The molecule has 0 spiro atoms. The molecule has 0 bridgehead atoms. The molecule has 2 aromatic carbocycles. The standard InChI is InChI=1S/C35H37N9O3S/c1-42-22-37-33(41-42)25-6-4-23(5-7-25)24-12-15-44(16-13-24)31(45)20-43-17-14-35(21-43,48-3)34(46)38-27-9-10-29-28(18-27)32(40-39-29)26-8-11-30(47-2)36-19-26/h4-12,18-19,22H,13-17,20-21H2,1-3H3,(H,38,46)(H,39,40)/i20D2. The van der Waals surface area contributed by atoms with Crippen molar-refractivity contribution in [1.82, 2.24) is 39.7 Å². The Morgan fingerprint density at radius 2 is 1.90 bits per heavy atom. The SMILES string of the molecule is [2H]C([2H])(C(=O)N1CC=C(c2ccc(-c3ncn(C)n3)cc2)CC1)N1CCC(SC)(C(=O)Nc2ccc3[nH]nc(-c4ccc(OC)nc4)c3c2)C1. The first kappa shape index (κ1) is 29.2. The molecular weight excluding hydrogens is 627 g/mol. The topological polar surface area (TPSA) is 134 Å². The molecule has 1 fully saturated rings. The van der Waals surface area contributed by atoms with Gasteiger partial charge < -0.3 is 15.0 Å². The third-order valence-corrected chi connectivity index (χ3v) is 10.2. The summed E-state index contributed by atoms with van der Waals surface area (Å²) in [5.41, 5.74) is 5.98. The number of pyridine rings is 1. The first-order chi connectivity index (χ1) is 24.1. The Hall–Kier alpha value is -5.01. The number of nitrogens with zero attached hydrogens (tertiary/aromatic N) is 7. The van der Waals surface area contributed by atoms with Crippen molar-refractivity contribution in [1.29, 1.82) is 0 Å². The molecule has 12 nitrogen and oxygen atoms in total. The lowest BCUT2D eigenvalue weighted by Gasteiger charge is -2.29. The number of aromatic amines is 1. The van der Waals surface area contributed by atoms with Gasteiger partial charge in [-0.1, -0.05) is 30.3 Å². The van der Waals surface area contributed by atoms with Crippen LogP contribution in [0.4, 0.5) is 5.69 Å². The molecule has 48 heavy (non-hydrogen) atoms. The van der Waals surface area contributed by atoms with Crippen molar-refractivity contribution in [2.24, 2.45) is 7.05 Å². The van der Waals surface area contributed by atoms with Crippen molar-refractivity contribution in [3.63, 3.8) is 0 Å². The molecule has 2 N–H and O–H groups in total. The van der Waals surface area contributed by atoms with Crippen LogP contribution in [0.2, 0.25) is 0 Å². The minimum absolute atomic E-state index is 0.0991. The summed E-state index contributed by atoms with van der Waals surface area (Å²) in [4.78, 5) is 39.1. The molecule has 2 aliphatic heterocycles. The van der Waals surface area contributed by atoms with E-state index in [0.717, 1.165) is 33.2 Å². The van der Waals surface area contributed by atoms with Gasteiger partial charge in [0.25, 0.3) is 0 Å². The average Bonchev–Trinajstić information content (AvgIpc) is 3.91. The predicted octanol–water partition coefficient (Wildman–Crippen LogP) is 4.49. The lowest BCUT2D eigenvalue weighted by atomic mass is 9.98. The Labute approximate surface area is 285 Å². The number of likely N-dealkylation sites (tertiary alicyclic amines) is 1. The molecular formula is C35H37N9O3S. The number of carbonyl (C=O) groups excluding carboxylic acids is 2. The summed E-state index contributed by atoms with van der Waals surface area (Å²) in [5, 5.41) is 15.7. The number of aromatic nitrogens is 6. The van der Waals surface area contributed by atoms with E-state index in [0.29, 0.717) is 49.0 Å². The number of aryl methyl sites for hydroxylation is 1. The highest BCUT2D eigenvalue weighted by atomic mass is 32.2. The number of H-pyrrole nitrogens is 1. The largest absolute Gasteiger partial charge is 0.481 e. The summed E-state index contributed by atoms with van der Waals surface area (Å²) >= 11 is 1.38. The molecule has 0 radical (unpaired) electrons. The molecule has 3 aromatic heterocycles. The maximum atomic E-state index is 13.8. The zero-order chi connectivity index (χ0) is 35.0. The number of methoxy groups -OCH3 is 1. The van der Waals surface area contributed by atoms with Crippen molar-refractivity contribution in [2.75, 3.05) is 51.4 Å². The zero-order valence-electron chi connectivity index (χ0n) is 28.9. The maximum absolute atomic E-state index is 13.8. The van der Waals surface area contributed by atoms with Crippen LogP contribution in [0.15, 0.2) is 73.2 Å². The van der Waals surface area contributed by atoms with Crippen LogP contribution in [0.3, 0.4) is 0 Å². The minimum Gasteiger partial charge on any atom is -0.481 e. The number of fused-ring (bicyclic) bond motifs is 1. The Kier molecular flexibility index (Phi) is 8.04. The van der Waals surface area contributed by atoms with Gasteiger partial charge in [-0.2, -0.15) is 10.2 Å². The number of hydrogen-bond acceptors (Lipinski definition) is 9.